The summed E-state index contributed by atoms with van der Waals surface area (Å²) in [6.45, 7) is 1.80. The normalized spacial score (nSPS) is 32.1. The van der Waals surface area contributed by atoms with Gasteiger partial charge in [-0.05, 0) is 11.6 Å². The molecule has 0 saturated carbocycles. The molecule has 56 valence electrons. The van der Waals surface area contributed by atoms with Crippen LogP contribution in [0.4, 0.5) is 4.39 Å². The summed E-state index contributed by atoms with van der Waals surface area (Å²) in [5.41, 5.74) is 0.807. The zero-order chi connectivity index (χ0) is 7.56. The summed E-state index contributed by atoms with van der Waals surface area (Å²) >= 11 is 0. The van der Waals surface area contributed by atoms with Gasteiger partial charge in [0.1, 0.15) is 6.17 Å². The van der Waals surface area contributed by atoms with Crippen molar-refractivity contribution in [3.63, 3.8) is 0 Å². The summed E-state index contributed by atoms with van der Waals surface area (Å²) in [7, 11) is 0. The van der Waals surface area contributed by atoms with Gasteiger partial charge >= 0.3 is 0 Å². The van der Waals surface area contributed by atoms with Gasteiger partial charge in [-0.25, -0.2) is 4.39 Å². The molecule has 10 heavy (non-hydrogen) atoms. The van der Waals surface area contributed by atoms with Crippen LogP contribution in [0, 0.1) is 5.92 Å². The summed E-state index contributed by atoms with van der Waals surface area (Å²) in [5, 5.41) is 8.65. The van der Waals surface area contributed by atoms with Crippen molar-refractivity contribution in [1.82, 2.24) is 0 Å². The lowest BCUT2D eigenvalue weighted by molar-refractivity contribution is 0.314. The molecule has 0 spiro atoms. The van der Waals surface area contributed by atoms with E-state index in [1.54, 1.807) is 19.1 Å². The lowest BCUT2D eigenvalue weighted by Crippen LogP contribution is -2.11. The lowest BCUT2D eigenvalue weighted by Gasteiger charge is -2.14. The monoisotopic (exact) mass is 142 g/mol. The van der Waals surface area contributed by atoms with Crippen LogP contribution in [-0.4, -0.2) is 17.9 Å². The first-order valence-corrected chi connectivity index (χ1v) is 3.38. The Bertz CT molecular complexity index is 172. The fourth-order valence-electron chi connectivity index (χ4n) is 0.981. The first-order valence-electron chi connectivity index (χ1n) is 3.38. The molecule has 0 aromatic heterocycles. The van der Waals surface area contributed by atoms with Crippen molar-refractivity contribution in [3.8, 4) is 0 Å². The minimum Gasteiger partial charge on any atom is -0.392 e. The molecule has 1 N–H and O–H groups in total. The van der Waals surface area contributed by atoms with E-state index in [0.29, 0.717) is 0 Å². The molecule has 0 bridgehead atoms. The zero-order valence-corrected chi connectivity index (χ0v) is 5.92. The molecule has 0 aliphatic heterocycles. The van der Waals surface area contributed by atoms with E-state index in [-0.39, 0.29) is 12.5 Å². The summed E-state index contributed by atoms with van der Waals surface area (Å²) in [6, 6.07) is 0. The zero-order valence-electron chi connectivity index (χ0n) is 5.92. The van der Waals surface area contributed by atoms with E-state index in [0.717, 1.165) is 5.57 Å². The molecular weight excluding hydrogens is 131 g/mol. The Morgan fingerprint density at radius 1 is 1.70 bits per heavy atom. The van der Waals surface area contributed by atoms with Crippen LogP contribution in [0.15, 0.2) is 23.8 Å². The van der Waals surface area contributed by atoms with E-state index >= 15 is 0 Å². The number of aliphatic hydroxyl groups is 1. The summed E-state index contributed by atoms with van der Waals surface area (Å²) in [4.78, 5) is 0. The molecule has 0 fully saturated rings. The SMILES string of the molecule is CC1C=C(CO)C=CC1F. The number of aliphatic hydroxyl groups excluding tert-OH is 1. The van der Waals surface area contributed by atoms with Gasteiger partial charge in [0.2, 0.25) is 0 Å². The lowest BCUT2D eigenvalue weighted by atomic mass is 9.97. The van der Waals surface area contributed by atoms with Crippen molar-refractivity contribution in [2.45, 2.75) is 13.1 Å². The second-order valence-corrected chi connectivity index (χ2v) is 2.56. The highest BCUT2D eigenvalue weighted by molar-refractivity contribution is 5.26. The number of hydrogen-bond acceptors (Lipinski definition) is 1. The Morgan fingerprint density at radius 3 is 2.90 bits per heavy atom. The summed E-state index contributed by atoms with van der Waals surface area (Å²) in [6.07, 6.45) is 3.99. The smallest absolute Gasteiger partial charge is 0.125 e. The van der Waals surface area contributed by atoms with E-state index in [4.69, 9.17) is 5.11 Å². The molecule has 1 rings (SSSR count). The van der Waals surface area contributed by atoms with Gasteiger partial charge in [0, 0.05) is 5.92 Å². The Morgan fingerprint density at radius 2 is 2.40 bits per heavy atom. The Kier molecular flexibility index (Phi) is 2.22. The third-order valence-electron chi connectivity index (χ3n) is 1.66. The maximum atomic E-state index is 12.7. The fourth-order valence-corrected chi connectivity index (χ4v) is 0.981. The average Bonchev–Trinajstić information content (AvgIpc) is 1.95. The van der Waals surface area contributed by atoms with Crippen molar-refractivity contribution in [2.75, 3.05) is 6.61 Å². The van der Waals surface area contributed by atoms with Crippen molar-refractivity contribution < 1.29 is 9.50 Å². The molecule has 2 atom stereocenters. The highest BCUT2D eigenvalue weighted by Crippen LogP contribution is 2.18. The van der Waals surface area contributed by atoms with E-state index in [9.17, 15) is 4.39 Å². The van der Waals surface area contributed by atoms with Crippen LogP contribution in [0.1, 0.15) is 6.92 Å². The van der Waals surface area contributed by atoms with Gasteiger partial charge in [-0.3, -0.25) is 0 Å². The fraction of sp³-hybridized carbons (Fsp3) is 0.500. The van der Waals surface area contributed by atoms with Crippen LogP contribution in [-0.2, 0) is 0 Å². The molecule has 0 aromatic rings. The maximum absolute atomic E-state index is 12.7. The minimum absolute atomic E-state index is 0.00750. The molecule has 0 radical (unpaired) electrons. The number of allylic oxidation sites excluding steroid dienone is 2. The number of alkyl halides is 1. The van der Waals surface area contributed by atoms with Crippen LogP contribution in [0.5, 0.6) is 0 Å². The Labute approximate surface area is 59.9 Å². The van der Waals surface area contributed by atoms with E-state index in [1.165, 1.54) is 6.08 Å². The average molecular weight is 142 g/mol. The van der Waals surface area contributed by atoms with Gasteiger partial charge in [-0.2, -0.15) is 0 Å². The second kappa shape index (κ2) is 2.97. The Balaban J connectivity index is 2.66. The van der Waals surface area contributed by atoms with Gasteiger partial charge in [-0.15, -0.1) is 0 Å². The van der Waals surface area contributed by atoms with E-state index in [2.05, 4.69) is 0 Å². The molecule has 2 unspecified atom stereocenters. The van der Waals surface area contributed by atoms with Crippen molar-refractivity contribution >= 4 is 0 Å². The van der Waals surface area contributed by atoms with Crippen LogP contribution < -0.4 is 0 Å². The third-order valence-corrected chi connectivity index (χ3v) is 1.66. The summed E-state index contributed by atoms with van der Waals surface area (Å²) in [5.74, 6) is -0.0906. The van der Waals surface area contributed by atoms with Crippen molar-refractivity contribution in [2.24, 2.45) is 5.92 Å². The molecule has 1 aliphatic carbocycles. The van der Waals surface area contributed by atoms with E-state index < -0.39 is 6.17 Å². The molecule has 1 nitrogen and oxygen atoms in total. The van der Waals surface area contributed by atoms with Gasteiger partial charge in [0.25, 0.3) is 0 Å². The largest absolute Gasteiger partial charge is 0.392 e. The van der Waals surface area contributed by atoms with Crippen LogP contribution >= 0.6 is 0 Å². The highest BCUT2D eigenvalue weighted by atomic mass is 19.1. The predicted molar refractivity (Wildman–Crippen MR) is 38.4 cm³/mol. The number of hydrogen-bond donors (Lipinski definition) is 1. The molecule has 1 aliphatic rings. The number of halogens is 1. The van der Waals surface area contributed by atoms with Gasteiger partial charge in [0.05, 0.1) is 6.61 Å². The predicted octanol–water partition coefficient (Wildman–Crippen LogP) is 1.45. The van der Waals surface area contributed by atoms with Gasteiger partial charge in [0.15, 0.2) is 0 Å². The standard InChI is InChI=1S/C8H11FO/c1-6-4-7(5-10)2-3-8(6)9/h2-4,6,8,10H,5H2,1H3. The molecule has 0 aromatic carbocycles. The minimum atomic E-state index is -0.879. The molecule has 2 heteroatoms. The first-order chi connectivity index (χ1) is 4.74. The van der Waals surface area contributed by atoms with Crippen molar-refractivity contribution in [3.05, 3.63) is 23.8 Å². The summed E-state index contributed by atoms with van der Waals surface area (Å²) < 4.78 is 12.7. The number of rotatable bonds is 1. The van der Waals surface area contributed by atoms with Crippen LogP contribution in [0.25, 0.3) is 0 Å². The van der Waals surface area contributed by atoms with E-state index in [1.807, 2.05) is 0 Å². The van der Waals surface area contributed by atoms with Gasteiger partial charge < -0.3 is 5.11 Å². The topological polar surface area (TPSA) is 20.2 Å². The van der Waals surface area contributed by atoms with Crippen LogP contribution in [0.3, 0.4) is 0 Å². The molecular formula is C8H11FO. The van der Waals surface area contributed by atoms with Crippen LogP contribution in [0.2, 0.25) is 0 Å². The molecule has 0 saturated heterocycles. The third kappa shape index (κ3) is 1.45. The quantitative estimate of drug-likeness (QED) is 0.587. The van der Waals surface area contributed by atoms with Crippen molar-refractivity contribution in [1.29, 1.82) is 0 Å². The Hall–Kier alpha value is -0.630. The van der Waals surface area contributed by atoms with Gasteiger partial charge in [-0.1, -0.05) is 19.1 Å². The maximum Gasteiger partial charge on any atom is 0.125 e. The molecule has 0 heterocycles. The second-order valence-electron chi connectivity index (χ2n) is 2.56. The molecule has 0 amide bonds. The highest BCUT2D eigenvalue weighted by Gasteiger charge is 2.14. The first kappa shape index (κ1) is 7.48.